The molecule has 1 aromatic carbocycles. The van der Waals surface area contributed by atoms with Gasteiger partial charge in [0.25, 0.3) is 0 Å². The molecular formula is C20H25N3O2S. The Morgan fingerprint density at radius 2 is 2.00 bits per heavy atom. The lowest BCUT2D eigenvalue weighted by Gasteiger charge is -2.26. The maximum atomic E-state index is 12.9. The van der Waals surface area contributed by atoms with Gasteiger partial charge in [-0.15, -0.1) is 11.3 Å². The van der Waals surface area contributed by atoms with Gasteiger partial charge in [0.2, 0.25) is 5.91 Å². The Bertz CT molecular complexity index is 708. The summed E-state index contributed by atoms with van der Waals surface area (Å²) in [6, 6.07) is 13.7. The SMILES string of the molecule is CCOc1ccc(N(CCC#N)C(=O)CN(CC)Cc2cccs2)cc1. The third-order valence-corrected chi connectivity index (χ3v) is 4.83. The molecule has 0 N–H and O–H groups in total. The van der Waals surface area contributed by atoms with Crippen LogP contribution in [0, 0.1) is 11.3 Å². The van der Waals surface area contributed by atoms with Crippen LogP contribution < -0.4 is 9.64 Å². The number of anilines is 1. The Hall–Kier alpha value is -2.36. The van der Waals surface area contributed by atoms with E-state index in [9.17, 15) is 4.79 Å². The fraction of sp³-hybridized carbons (Fsp3) is 0.400. The second kappa shape index (κ2) is 10.6. The lowest BCUT2D eigenvalue weighted by atomic mass is 10.2. The molecule has 0 aliphatic heterocycles. The Morgan fingerprint density at radius 1 is 1.23 bits per heavy atom. The smallest absolute Gasteiger partial charge is 0.241 e. The minimum atomic E-state index is 0.00261. The zero-order valence-electron chi connectivity index (χ0n) is 15.4. The van der Waals surface area contributed by atoms with Crippen molar-refractivity contribution in [2.45, 2.75) is 26.8 Å². The minimum Gasteiger partial charge on any atom is -0.494 e. The molecule has 0 bridgehead atoms. The van der Waals surface area contributed by atoms with Crippen molar-refractivity contribution in [1.82, 2.24) is 4.90 Å². The molecule has 0 spiro atoms. The van der Waals surface area contributed by atoms with Crippen molar-refractivity contribution in [2.75, 3.05) is 31.1 Å². The van der Waals surface area contributed by atoms with Gasteiger partial charge in [0.05, 0.1) is 25.6 Å². The standard InChI is InChI=1S/C20H25N3O2S/c1-3-22(15-19-7-5-14-26-19)16-20(24)23(13-6-12-21)17-8-10-18(11-9-17)25-4-2/h5,7-11,14H,3-4,6,13,15-16H2,1-2H3. The van der Waals surface area contributed by atoms with E-state index in [-0.39, 0.29) is 5.91 Å². The zero-order valence-corrected chi connectivity index (χ0v) is 16.2. The van der Waals surface area contributed by atoms with Crippen LogP contribution in [0.5, 0.6) is 5.75 Å². The van der Waals surface area contributed by atoms with Crippen molar-refractivity contribution < 1.29 is 9.53 Å². The van der Waals surface area contributed by atoms with E-state index < -0.39 is 0 Å². The van der Waals surface area contributed by atoms with E-state index in [0.29, 0.717) is 26.1 Å². The highest BCUT2D eigenvalue weighted by Crippen LogP contribution is 2.21. The number of hydrogen-bond acceptors (Lipinski definition) is 5. The van der Waals surface area contributed by atoms with Gasteiger partial charge in [-0.05, 0) is 49.2 Å². The average molecular weight is 372 g/mol. The van der Waals surface area contributed by atoms with Crippen molar-refractivity contribution in [3.63, 3.8) is 0 Å². The first-order chi connectivity index (χ1) is 12.7. The van der Waals surface area contributed by atoms with Crippen LogP contribution in [-0.2, 0) is 11.3 Å². The second-order valence-electron chi connectivity index (χ2n) is 5.76. The van der Waals surface area contributed by atoms with Crippen molar-refractivity contribution in [1.29, 1.82) is 5.26 Å². The van der Waals surface area contributed by atoms with Crippen LogP contribution in [-0.4, -0.2) is 37.0 Å². The van der Waals surface area contributed by atoms with E-state index in [1.807, 2.05) is 42.6 Å². The third-order valence-electron chi connectivity index (χ3n) is 3.97. The summed E-state index contributed by atoms with van der Waals surface area (Å²) >= 11 is 1.70. The van der Waals surface area contributed by atoms with Gasteiger partial charge in [-0.1, -0.05) is 13.0 Å². The number of likely N-dealkylation sites (N-methyl/N-ethyl adjacent to an activating group) is 1. The van der Waals surface area contributed by atoms with E-state index in [2.05, 4.69) is 24.0 Å². The first kappa shape index (κ1) is 20.0. The van der Waals surface area contributed by atoms with E-state index in [0.717, 1.165) is 24.5 Å². The quantitative estimate of drug-likeness (QED) is 0.635. The van der Waals surface area contributed by atoms with Crippen molar-refractivity contribution in [3.05, 3.63) is 46.7 Å². The van der Waals surface area contributed by atoms with E-state index in [1.165, 1.54) is 4.88 Å². The summed E-state index contributed by atoms with van der Waals surface area (Å²) in [6.45, 7) is 6.85. The summed E-state index contributed by atoms with van der Waals surface area (Å²) in [6.07, 6.45) is 0.302. The number of rotatable bonds is 10. The van der Waals surface area contributed by atoms with Gasteiger partial charge < -0.3 is 9.64 Å². The van der Waals surface area contributed by atoms with Gasteiger partial charge in [0.1, 0.15) is 5.75 Å². The Kier molecular flexibility index (Phi) is 8.13. The highest BCUT2D eigenvalue weighted by Gasteiger charge is 2.19. The second-order valence-corrected chi connectivity index (χ2v) is 6.80. The molecule has 0 unspecified atom stereocenters. The number of carbonyl (C=O) groups excluding carboxylic acids is 1. The van der Waals surface area contributed by atoms with Crippen LogP contribution in [0.15, 0.2) is 41.8 Å². The predicted molar refractivity (Wildman–Crippen MR) is 105 cm³/mol. The number of nitrogens with zero attached hydrogens (tertiary/aromatic N) is 3. The Labute approximate surface area is 159 Å². The molecule has 0 radical (unpaired) electrons. The number of benzene rings is 1. The number of ether oxygens (including phenoxy) is 1. The molecule has 6 heteroatoms. The van der Waals surface area contributed by atoms with Gasteiger partial charge in [-0.3, -0.25) is 9.69 Å². The highest BCUT2D eigenvalue weighted by atomic mass is 32.1. The summed E-state index contributed by atoms with van der Waals surface area (Å²) in [7, 11) is 0. The van der Waals surface area contributed by atoms with Crippen LogP contribution in [0.4, 0.5) is 5.69 Å². The summed E-state index contributed by atoms with van der Waals surface area (Å²) < 4.78 is 5.46. The molecule has 2 aromatic rings. The van der Waals surface area contributed by atoms with Crippen LogP contribution >= 0.6 is 11.3 Å². The van der Waals surface area contributed by atoms with Crippen molar-refractivity contribution >= 4 is 22.9 Å². The third kappa shape index (κ3) is 5.87. The van der Waals surface area contributed by atoms with Crippen LogP contribution in [0.25, 0.3) is 0 Å². The highest BCUT2D eigenvalue weighted by molar-refractivity contribution is 7.09. The number of hydrogen-bond donors (Lipinski definition) is 0. The maximum Gasteiger partial charge on any atom is 0.241 e. The lowest BCUT2D eigenvalue weighted by Crippen LogP contribution is -2.40. The van der Waals surface area contributed by atoms with Gasteiger partial charge in [0, 0.05) is 23.7 Å². The summed E-state index contributed by atoms with van der Waals surface area (Å²) in [4.78, 5) is 17.9. The van der Waals surface area contributed by atoms with Gasteiger partial charge in [-0.25, -0.2) is 0 Å². The first-order valence-electron chi connectivity index (χ1n) is 8.82. The normalized spacial score (nSPS) is 10.5. The molecule has 5 nitrogen and oxygen atoms in total. The molecular weight excluding hydrogens is 346 g/mol. The van der Waals surface area contributed by atoms with Crippen molar-refractivity contribution in [2.24, 2.45) is 0 Å². The van der Waals surface area contributed by atoms with Gasteiger partial charge in [-0.2, -0.15) is 5.26 Å². The summed E-state index contributed by atoms with van der Waals surface area (Å²) in [5.41, 5.74) is 0.792. The van der Waals surface area contributed by atoms with Gasteiger partial charge in [0.15, 0.2) is 0 Å². The molecule has 0 atom stereocenters. The topological polar surface area (TPSA) is 56.6 Å². The molecule has 1 heterocycles. The molecule has 0 fully saturated rings. The molecule has 1 aromatic heterocycles. The number of thiophene rings is 1. The van der Waals surface area contributed by atoms with E-state index in [4.69, 9.17) is 10.00 Å². The molecule has 0 aliphatic rings. The molecule has 0 saturated heterocycles. The maximum absolute atomic E-state index is 12.9. The van der Waals surface area contributed by atoms with E-state index >= 15 is 0 Å². The fourth-order valence-electron chi connectivity index (χ4n) is 2.63. The first-order valence-corrected chi connectivity index (χ1v) is 9.70. The Morgan fingerprint density at radius 3 is 2.58 bits per heavy atom. The van der Waals surface area contributed by atoms with Gasteiger partial charge >= 0.3 is 0 Å². The lowest BCUT2D eigenvalue weighted by molar-refractivity contribution is -0.119. The molecule has 138 valence electrons. The number of carbonyl (C=O) groups is 1. The monoisotopic (exact) mass is 371 g/mol. The molecule has 2 rings (SSSR count). The van der Waals surface area contributed by atoms with Crippen LogP contribution in [0.2, 0.25) is 0 Å². The molecule has 1 amide bonds. The molecule has 0 aliphatic carbocycles. The zero-order chi connectivity index (χ0) is 18.8. The molecule has 0 saturated carbocycles. The van der Waals surface area contributed by atoms with Crippen LogP contribution in [0.3, 0.4) is 0 Å². The van der Waals surface area contributed by atoms with Crippen molar-refractivity contribution in [3.8, 4) is 11.8 Å². The molecule has 26 heavy (non-hydrogen) atoms. The number of nitriles is 1. The minimum absolute atomic E-state index is 0.00261. The summed E-state index contributed by atoms with van der Waals surface area (Å²) in [5, 5.41) is 11.0. The Balaban J connectivity index is 2.08. The number of amides is 1. The van der Waals surface area contributed by atoms with E-state index in [1.54, 1.807) is 16.2 Å². The largest absolute Gasteiger partial charge is 0.494 e. The summed E-state index contributed by atoms with van der Waals surface area (Å²) in [5.74, 6) is 0.777. The average Bonchev–Trinajstić information content (AvgIpc) is 3.16. The van der Waals surface area contributed by atoms with Crippen LogP contribution in [0.1, 0.15) is 25.1 Å². The fourth-order valence-corrected chi connectivity index (χ4v) is 3.37. The predicted octanol–water partition coefficient (Wildman–Crippen LogP) is 3.92.